The first kappa shape index (κ1) is 15.4. The van der Waals surface area contributed by atoms with Crippen LogP contribution in [0.1, 0.15) is 5.56 Å². The Morgan fingerprint density at radius 3 is 2.77 bits per heavy atom. The molecule has 2 aromatic heterocycles. The summed E-state index contributed by atoms with van der Waals surface area (Å²) < 4.78 is 10.5. The fourth-order valence-corrected chi connectivity index (χ4v) is 1.49. The van der Waals surface area contributed by atoms with Crippen LogP contribution < -0.4 is 20.5 Å². The van der Waals surface area contributed by atoms with E-state index in [1.165, 1.54) is 6.20 Å². The zero-order valence-electron chi connectivity index (χ0n) is 11.6. The van der Waals surface area contributed by atoms with Gasteiger partial charge in [0.25, 0.3) is 5.88 Å². The molecule has 0 saturated heterocycles. The molecule has 0 bridgehead atoms. The molecule has 0 aliphatic heterocycles. The SMILES string of the molecule is NCC(=O)NC(=O)Oc1ncccc1OCc1cccnc1. The third-order valence-corrected chi connectivity index (χ3v) is 2.47. The van der Waals surface area contributed by atoms with Crippen LogP contribution in [0, 0.1) is 0 Å². The third-order valence-electron chi connectivity index (χ3n) is 2.47. The van der Waals surface area contributed by atoms with Crippen molar-refractivity contribution in [3.05, 3.63) is 48.4 Å². The van der Waals surface area contributed by atoms with Crippen LogP contribution in [0.25, 0.3) is 0 Å². The number of hydrogen-bond donors (Lipinski definition) is 2. The Balaban J connectivity index is 2.00. The van der Waals surface area contributed by atoms with E-state index in [0.29, 0.717) is 0 Å². The number of rotatable bonds is 5. The van der Waals surface area contributed by atoms with Gasteiger partial charge in [-0.15, -0.1) is 0 Å². The van der Waals surface area contributed by atoms with Crippen LogP contribution in [0.15, 0.2) is 42.9 Å². The molecular formula is C14H14N4O4. The highest BCUT2D eigenvalue weighted by molar-refractivity contribution is 5.93. The summed E-state index contributed by atoms with van der Waals surface area (Å²) in [4.78, 5) is 30.4. The molecule has 2 heterocycles. The second-order valence-electron chi connectivity index (χ2n) is 4.10. The number of nitrogens with two attached hydrogens (primary N) is 1. The average molecular weight is 302 g/mol. The normalized spacial score (nSPS) is 9.86. The summed E-state index contributed by atoms with van der Waals surface area (Å²) >= 11 is 0. The third kappa shape index (κ3) is 4.53. The summed E-state index contributed by atoms with van der Waals surface area (Å²) in [6, 6.07) is 6.85. The van der Waals surface area contributed by atoms with Gasteiger partial charge in [-0.25, -0.2) is 9.78 Å². The van der Waals surface area contributed by atoms with Crippen molar-refractivity contribution in [2.75, 3.05) is 6.54 Å². The van der Waals surface area contributed by atoms with Crippen molar-refractivity contribution in [1.29, 1.82) is 0 Å². The molecule has 0 fully saturated rings. The molecule has 0 saturated carbocycles. The van der Waals surface area contributed by atoms with Crippen molar-refractivity contribution in [3.8, 4) is 11.6 Å². The number of ether oxygens (including phenoxy) is 2. The molecule has 0 atom stereocenters. The molecule has 8 heteroatoms. The van der Waals surface area contributed by atoms with E-state index in [4.69, 9.17) is 15.2 Å². The number of amides is 2. The summed E-state index contributed by atoms with van der Waals surface area (Å²) in [5.74, 6) is -0.436. The minimum atomic E-state index is -0.972. The van der Waals surface area contributed by atoms with Crippen molar-refractivity contribution in [3.63, 3.8) is 0 Å². The molecule has 114 valence electrons. The number of nitrogens with zero attached hydrogens (tertiary/aromatic N) is 2. The fourth-order valence-electron chi connectivity index (χ4n) is 1.49. The zero-order chi connectivity index (χ0) is 15.8. The molecule has 22 heavy (non-hydrogen) atoms. The van der Waals surface area contributed by atoms with Crippen LogP contribution in [0.4, 0.5) is 4.79 Å². The number of nitrogens with one attached hydrogen (secondary N) is 1. The Morgan fingerprint density at radius 1 is 1.23 bits per heavy atom. The quantitative estimate of drug-likeness (QED) is 0.831. The van der Waals surface area contributed by atoms with E-state index in [9.17, 15) is 9.59 Å². The highest BCUT2D eigenvalue weighted by Gasteiger charge is 2.13. The summed E-state index contributed by atoms with van der Waals surface area (Å²) in [5.41, 5.74) is 5.94. The average Bonchev–Trinajstić information content (AvgIpc) is 2.54. The van der Waals surface area contributed by atoms with Crippen LogP contribution in [0.2, 0.25) is 0 Å². The van der Waals surface area contributed by atoms with Crippen LogP contribution in [0.5, 0.6) is 11.6 Å². The molecule has 0 aliphatic carbocycles. The van der Waals surface area contributed by atoms with Crippen molar-refractivity contribution >= 4 is 12.0 Å². The molecule has 0 aliphatic rings. The van der Waals surface area contributed by atoms with Crippen molar-refractivity contribution < 1.29 is 19.1 Å². The zero-order valence-corrected chi connectivity index (χ0v) is 11.6. The fraction of sp³-hybridized carbons (Fsp3) is 0.143. The summed E-state index contributed by atoms with van der Waals surface area (Å²) in [6.07, 6.45) is 3.77. The minimum Gasteiger partial charge on any atom is -0.483 e. The second kappa shape index (κ2) is 7.70. The largest absolute Gasteiger partial charge is 0.483 e. The van der Waals surface area contributed by atoms with E-state index in [2.05, 4.69) is 9.97 Å². The van der Waals surface area contributed by atoms with Gasteiger partial charge >= 0.3 is 6.09 Å². The minimum absolute atomic E-state index is 0.0475. The first-order valence-electron chi connectivity index (χ1n) is 6.37. The molecule has 2 amide bonds. The number of carbonyl (C=O) groups excluding carboxylic acids is 2. The van der Waals surface area contributed by atoms with Gasteiger partial charge in [-0.3, -0.25) is 15.1 Å². The van der Waals surface area contributed by atoms with Crippen molar-refractivity contribution in [1.82, 2.24) is 15.3 Å². The molecular weight excluding hydrogens is 288 g/mol. The van der Waals surface area contributed by atoms with Gasteiger partial charge < -0.3 is 15.2 Å². The van der Waals surface area contributed by atoms with Gasteiger partial charge in [0.2, 0.25) is 5.91 Å². The Hall–Kier alpha value is -3.00. The first-order chi connectivity index (χ1) is 10.7. The molecule has 3 N–H and O–H groups in total. The summed E-state index contributed by atoms with van der Waals surface area (Å²) in [7, 11) is 0. The topological polar surface area (TPSA) is 116 Å². The highest BCUT2D eigenvalue weighted by Crippen LogP contribution is 2.24. The monoisotopic (exact) mass is 302 g/mol. The molecule has 0 spiro atoms. The summed E-state index contributed by atoms with van der Waals surface area (Å²) in [5, 5.41) is 1.95. The lowest BCUT2D eigenvalue weighted by atomic mass is 10.3. The molecule has 0 aromatic carbocycles. The second-order valence-corrected chi connectivity index (χ2v) is 4.10. The predicted octanol–water partition coefficient (Wildman–Crippen LogP) is 0.629. The van der Waals surface area contributed by atoms with E-state index in [0.717, 1.165) is 5.56 Å². The molecule has 0 unspecified atom stereocenters. The lowest BCUT2D eigenvalue weighted by Gasteiger charge is -2.10. The van der Waals surface area contributed by atoms with Gasteiger partial charge in [0.1, 0.15) is 6.61 Å². The van der Waals surface area contributed by atoms with Gasteiger partial charge in [-0.1, -0.05) is 6.07 Å². The van der Waals surface area contributed by atoms with Crippen LogP contribution >= 0.6 is 0 Å². The van der Waals surface area contributed by atoms with Gasteiger partial charge in [-0.2, -0.15) is 0 Å². The van der Waals surface area contributed by atoms with Gasteiger partial charge in [0.05, 0.1) is 6.54 Å². The number of carbonyl (C=O) groups is 2. The lowest BCUT2D eigenvalue weighted by molar-refractivity contribution is -0.118. The Labute approximate surface area is 126 Å². The maximum atomic E-state index is 11.5. The molecule has 0 radical (unpaired) electrons. The molecule has 2 rings (SSSR count). The number of aromatic nitrogens is 2. The number of imide groups is 1. The first-order valence-corrected chi connectivity index (χ1v) is 6.37. The smallest absolute Gasteiger partial charge is 0.420 e. The van der Waals surface area contributed by atoms with Crippen LogP contribution in [0.3, 0.4) is 0 Å². The van der Waals surface area contributed by atoms with Gasteiger partial charge in [0.15, 0.2) is 5.75 Å². The van der Waals surface area contributed by atoms with E-state index in [-0.39, 0.29) is 24.8 Å². The van der Waals surface area contributed by atoms with Gasteiger partial charge in [-0.05, 0) is 18.2 Å². The van der Waals surface area contributed by atoms with E-state index in [1.807, 2.05) is 11.4 Å². The van der Waals surface area contributed by atoms with Crippen molar-refractivity contribution in [2.45, 2.75) is 6.61 Å². The Bertz CT molecular complexity index is 648. The lowest BCUT2D eigenvalue weighted by Crippen LogP contribution is -2.37. The van der Waals surface area contributed by atoms with Crippen LogP contribution in [-0.2, 0) is 11.4 Å². The molecule has 2 aromatic rings. The van der Waals surface area contributed by atoms with E-state index < -0.39 is 12.0 Å². The Morgan fingerprint density at radius 2 is 2.05 bits per heavy atom. The summed E-state index contributed by atoms with van der Waals surface area (Å²) in [6.45, 7) is -0.0824. The maximum Gasteiger partial charge on any atom is 0.420 e. The predicted molar refractivity (Wildman–Crippen MR) is 76.0 cm³/mol. The molecule has 8 nitrogen and oxygen atoms in total. The van der Waals surface area contributed by atoms with Crippen molar-refractivity contribution in [2.24, 2.45) is 5.73 Å². The van der Waals surface area contributed by atoms with E-state index in [1.54, 1.807) is 30.6 Å². The highest BCUT2D eigenvalue weighted by atomic mass is 16.6. The van der Waals surface area contributed by atoms with Gasteiger partial charge in [0, 0.05) is 24.2 Å². The maximum absolute atomic E-state index is 11.5. The standard InChI is InChI=1S/C14H14N4O4/c15-7-12(19)18-14(20)22-13-11(4-2-6-17-13)21-9-10-3-1-5-16-8-10/h1-6,8H,7,9,15H2,(H,18,19,20). The number of pyridine rings is 2. The van der Waals surface area contributed by atoms with Crippen LogP contribution in [-0.4, -0.2) is 28.5 Å². The van der Waals surface area contributed by atoms with E-state index >= 15 is 0 Å². The number of hydrogen-bond acceptors (Lipinski definition) is 7. The Kier molecular flexibility index (Phi) is 5.38.